The lowest BCUT2D eigenvalue weighted by Crippen LogP contribution is -1.98. The maximum absolute atomic E-state index is 5.82. The van der Waals surface area contributed by atoms with Gasteiger partial charge < -0.3 is 15.2 Å². The highest BCUT2D eigenvalue weighted by Gasteiger charge is 2.13. The Morgan fingerprint density at radius 2 is 2.05 bits per heavy atom. The van der Waals surface area contributed by atoms with Crippen molar-refractivity contribution >= 4 is 11.3 Å². The number of aryl methyl sites for hydroxylation is 1. The minimum absolute atomic E-state index is 0.543. The molecule has 0 aliphatic carbocycles. The smallest absolute Gasteiger partial charge is 0.161 e. The lowest BCUT2D eigenvalue weighted by atomic mass is 10.2. The molecular weight excluding hydrogens is 284 g/mol. The summed E-state index contributed by atoms with van der Waals surface area (Å²) in [5.74, 6) is 1.49. The molecule has 4 nitrogen and oxygen atoms in total. The number of benzene rings is 1. The van der Waals surface area contributed by atoms with Gasteiger partial charge in [-0.15, -0.1) is 11.3 Å². The summed E-state index contributed by atoms with van der Waals surface area (Å²) in [7, 11) is 1.65. The predicted molar refractivity (Wildman–Crippen MR) is 87.2 cm³/mol. The van der Waals surface area contributed by atoms with Crippen molar-refractivity contribution in [2.75, 3.05) is 13.7 Å². The van der Waals surface area contributed by atoms with Crippen LogP contribution < -0.4 is 15.2 Å². The number of nitrogens with two attached hydrogens (primary N) is 1. The number of nitrogens with zero attached hydrogens (tertiary/aromatic N) is 1. The molecule has 2 N–H and O–H groups in total. The molecule has 0 radical (unpaired) electrons. The molecule has 5 heteroatoms. The second-order valence-corrected chi connectivity index (χ2v) is 5.73. The Morgan fingerprint density at radius 1 is 1.24 bits per heavy atom. The van der Waals surface area contributed by atoms with Crippen LogP contribution in [0.15, 0.2) is 18.2 Å². The fourth-order valence-electron chi connectivity index (χ4n) is 2.18. The predicted octanol–water partition coefficient (Wildman–Crippen LogP) is 3.63. The van der Waals surface area contributed by atoms with Gasteiger partial charge in [-0.3, -0.25) is 0 Å². The number of methoxy groups -OCH3 is 1. The fraction of sp³-hybridized carbons (Fsp3) is 0.438. The standard InChI is InChI=1S/C16H22N2O2S/c1-4-6-12-15(10-17)21-16(18-12)11-7-8-13(19-3)14(9-11)20-5-2/h7-9H,4-6,10,17H2,1-3H3. The van der Waals surface area contributed by atoms with Gasteiger partial charge in [-0.1, -0.05) is 13.3 Å². The molecule has 1 heterocycles. The van der Waals surface area contributed by atoms with E-state index < -0.39 is 0 Å². The van der Waals surface area contributed by atoms with Gasteiger partial charge in [0.1, 0.15) is 5.01 Å². The Morgan fingerprint density at radius 3 is 2.67 bits per heavy atom. The number of ether oxygens (including phenoxy) is 2. The third kappa shape index (κ3) is 3.54. The summed E-state index contributed by atoms with van der Waals surface area (Å²) in [4.78, 5) is 5.91. The zero-order valence-corrected chi connectivity index (χ0v) is 13.6. The SMILES string of the molecule is CCCc1nc(-c2ccc(OC)c(OCC)c2)sc1CN. The Balaban J connectivity index is 2.39. The molecule has 2 aromatic rings. The van der Waals surface area contributed by atoms with Crippen LogP contribution in [0.1, 0.15) is 30.8 Å². The Labute approximate surface area is 129 Å². The van der Waals surface area contributed by atoms with E-state index in [0.29, 0.717) is 13.2 Å². The van der Waals surface area contributed by atoms with Crippen LogP contribution >= 0.6 is 11.3 Å². The third-order valence-corrected chi connectivity index (χ3v) is 4.33. The van der Waals surface area contributed by atoms with Crippen molar-refractivity contribution in [3.8, 4) is 22.1 Å². The Kier molecular flexibility index (Phi) is 5.59. The van der Waals surface area contributed by atoms with E-state index in [1.54, 1.807) is 18.4 Å². The van der Waals surface area contributed by atoms with Crippen molar-refractivity contribution in [3.05, 3.63) is 28.8 Å². The third-order valence-electron chi connectivity index (χ3n) is 3.16. The van der Waals surface area contributed by atoms with Gasteiger partial charge in [0.15, 0.2) is 11.5 Å². The molecular formula is C16H22N2O2S. The lowest BCUT2D eigenvalue weighted by molar-refractivity contribution is 0.311. The average Bonchev–Trinajstić information content (AvgIpc) is 2.91. The molecule has 21 heavy (non-hydrogen) atoms. The molecule has 0 saturated carbocycles. The second kappa shape index (κ2) is 7.43. The first-order valence-corrected chi connectivity index (χ1v) is 8.04. The second-order valence-electron chi connectivity index (χ2n) is 4.64. The summed E-state index contributed by atoms with van der Waals surface area (Å²) in [5.41, 5.74) is 7.98. The molecule has 0 unspecified atom stereocenters. The van der Waals surface area contributed by atoms with Gasteiger partial charge in [-0.25, -0.2) is 4.98 Å². The van der Waals surface area contributed by atoms with Crippen LogP contribution in [0.5, 0.6) is 11.5 Å². The summed E-state index contributed by atoms with van der Waals surface area (Å²) >= 11 is 1.66. The number of hydrogen-bond acceptors (Lipinski definition) is 5. The highest BCUT2D eigenvalue weighted by molar-refractivity contribution is 7.15. The topological polar surface area (TPSA) is 57.4 Å². The number of rotatable bonds is 7. The molecule has 1 aromatic carbocycles. The summed E-state index contributed by atoms with van der Waals surface area (Å²) in [6.07, 6.45) is 2.04. The first kappa shape index (κ1) is 15.8. The van der Waals surface area contributed by atoms with Crippen molar-refractivity contribution in [3.63, 3.8) is 0 Å². The van der Waals surface area contributed by atoms with E-state index in [1.807, 2.05) is 25.1 Å². The molecule has 0 amide bonds. The first-order chi connectivity index (χ1) is 10.2. The van der Waals surface area contributed by atoms with Crippen LogP contribution in [-0.4, -0.2) is 18.7 Å². The van der Waals surface area contributed by atoms with Crippen molar-refractivity contribution in [1.29, 1.82) is 0 Å². The lowest BCUT2D eigenvalue weighted by Gasteiger charge is -2.10. The monoisotopic (exact) mass is 306 g/mol. The zero-order valence-electron chi connectivity index (χ0n) is 12.8. The molecule has 0 saturated heterocycles. The summed E-state index contributed by atoms with van der Waals surface area (Å²) in [5, 5.41) is 0.988. The highest BCUT2D eigenvalue weighted by atomic mass is 32.1. The summed E-state index contributed by atoms with van der Waals surface area (Å²) in [6, 6.07) is 5.91. The molecule has 2 rings (SSSR count). The molecule has 0 aliphatic heterocycles. The van der Waals surface area contributed by atoms with E-state index >= 15 is 0 Å². The average molecular weight is 306 g/mol. The first-order valence-electron chi connectivity index (χ1n) is 7.23. The van der Waals surface area contributed by atoms with Crippen LogP contribution in [0.3, 0.4) is 0 Å². The minimum Gasteiger partial charge on any atom is -0.493 e. The molecule has 0 aliphatic rings. The maximum Gasteiger partial charge on any atom is 0.161 e. The highest BCUT2D eigenvalue weighted by Crippen LogP contribution is 2.35. The molecule has 0 spiro atoms. The van der Waals surface area contributed by atoms with Crippen molar-refractivity contribution in [2.24, 2.45) is 5.73 Å². The maximum atomic E-state index is 5.82. The fourth-order valence-corrected chi connectivity index (χ4v) is 3.16. The number of thiazole rings is 1. The largest absolute Gasteiger partial charge is 0.493 e. The normalized spacial score (nSPS) is 10.7. The van der Waals surface area contributed by atoms with Crippen LogP contribution in [-0.2, 0) is 13.0 Å². The summed E-state index contributed by atoms with van der Waals surface area (Å²) < 4.78 is 10.9. The van der Waals surface area contributed by atoms with Gasteiger partial charge >= 0.3 is 0 Å². The summed E-state index contributed by atoms with van der Waals surface area (Å²) in [6.45, 7) is 5.26. The Bertz CT molecular complexity index is 596. The molecule has 1 aromatic heterocycles. The van der Waals surface area contributed by atoms with Gasteiger partial charge in [0.05, 0.1) is 19.4 Å². The minimum atomic E-state index is 0.543. The van der Waals surface area contributed by atoms with Crippen LogP contribution in [0, 0.1) is 0 Å². The van der Waals surface area contributed by atoms with Gasteiger partial charge in [0.25, 0.3) is 0 Å². The molecule has 114 valence electrons. The van der Waals surface area contributed by atoms with Gasteiger partial charge in [0.2, 0.25) is 0 Å². The van der Waals surface area contributed by atoms with Crippen LogP contribution in [0.25, 0.3) is 10.6 Å². The van der Waals surface area contributed by atoms with Crippen molar-refractivity contribution in [2.45, 2.75) is 33.2 Å². The van der Waals surface area contributed by atoms with E-state index in [2.05, 4.69) is 6.92 Å². The van der Waals surface area contributed by atoms with Gasteiger partial charge in [-0.05, 0) is 31.5 Å². The Hall–Kier alpha value is -1.59. The van der Waals surface area contributed by atoms with E-state index in [-0.39, 0.29) is 0 Å². The van der Waals surface area contributed by atoms with E-state index in [0.717, 1.165) is 40.6 Å². The van der Waals surface area contributed by atoms with E-state index in [4.69, 9.17) is 20.2 Å². The molecule has 0 bridgehead atoms. The van der Waals surface area contributed by atoms with Crippen LogP contribution in [0.4, 0.5) is 0 Å². The zero-order chi connectivity index (χ0) is 15.2. The van der Waals surface area contributed by atoms with Crippen molar-refractivity contribution < 1.29 is 9.47 Å². The van der Waals surface area contributed by atoms with Crippen LogP contribution in [0.2, 0.25) is 0 Å². The van der Waals surface area contributed by atoms with E-state index in [1.165, 1.54) is 4.88 Å². The van der Waals surface area contributed by atoms with Gasteiger partial charge in [0, 0.05) is 17.0 Å². The van der Waals surface area contributed by atoms with E-state index in [9.17, 15) is 0 Å². The van der Waals surface area contributed by atoms with Crippen molar-refractivity contribution in [1.82, 2.24) is 4.98 Å². The number of hydrogen-bond donors (Lipinski definition) is 1. The number of aromatic nitrogens is 1. The molecule has 0 fully saturated rings. The molecule has 0 atom stereocenters. The van der Waals surface area contributed by atoms with Gasteiger partial charge in [-0.2, -0.15) is 0 Å². The quantitative estimate of drug-likeness (QED) is 0.848.